The number of ether oxygens (including phenoxy) is 2. The number of nitrogens with one attached hydrogen (secondary N) is 1. The Bertz CT molecular complexity index is 894. The lowest BCUT2D eigenvalue weighted by atomic mass is 10.1. The number of rotatable bonds is 10. The lowest BCUT2D eigenvalue weighted by Gasteiger charge is -2.31. The van der Waals surface area contributed by atoms with Crippen LogP contribution in [-0.4, -0.2) is 48.3 Å². The van der Waals surface area contributed by atoms with Gasteiger partial charge in [-0.15, -0.1) is 11.8 Å². The zero-order valence-corrected chi connectivity index (χ0v) is 20.6. The maximum Gasteiger partial charge on any atom is 0.242 e. The Kier molecular flexibility index (Phi) is 9.44. The minimum Gasteiger partial charge on any atom is -0.497 e. The highest BCUT2D eigenvalue weighted by molar-refractivity contribution is 7.99. The predicted octanol–water partition coefficient (Wildman–Crippen LogP) is 4.27. The van der Waals surface area contributed by atoms with Crippen LogP contribution in [0.1, 0.15) is 38.8 Å². The topological polar surface area (TPSA) is 67.9 Å². The van der Waals surface area contributed by atoms with Crippen molar-refractivity contribution in [3.63, 3.8) is 0 Å². The van der Waals surface area contributed by atoms with Gasteiger partial charge in [0, 0.05) is 17.8 Å². The first-order valence-electron chi connectivity index (χ1n) is 10.6. The summed E-state index contributed by atoms with van der Waals surface area (Å²) in [5.41, 5.74) is 1.65. The highest BCUT2D eigenvalue weighted by Crippen LogP contribution is 2.20. The molecule has 7 heteroatoms. The van der Waals surface area contributed by atoms with Crippen molar-refractivity contribution < 1.29 is 19.1 Å². The van der Waals surface area contributed by atoms with Gasteiger partial charge in [0.25, 0.3) is 0 Å². The van der Waals surface area contributed by atoms with Gasteiger partial charge in [-0.3, -0.25) is 9.59 Å². The van der Waals surface area contributed by atoms with Gasteiger partial charge in [-0.2, -0.15) is 0 Å². The molecule has 0 spiro atoms. The molecule has 32 heavy (non-hydrogen) atoms. The van der Waals surface area contributed by atoms with Gasteiger partial charge in [0.15, 0.2) is 0 Å². The summed E-state index contributed by atoms with van der Waals surface area (Å²) in [5, 5.41) is 2.98. The average Bonchev–Trinajstić information content (AvgIpc) is 2.76. The van der Waals surface area contributed by atoms with Crippen molar-refractivity contribution in [3.8, 4) is 11.5 Å². The second kappa shape index (κ2) is 11.8. The molecule has 2 aromatic carbocycles. The first kappa shape index (κ1) is 25.6. The van der Waals surface area contributed by atoms with E-state index in [1.165, 1.54) is 11.8 Å². The SMILES string of the molecule is COc1ccc(CSCC(=O)N(Cc2cccc(OC)c2)[C@H](C)C(=O)NC(C)(C)C)cc1. The molecule has 1 atom stereocenters. The van der Waals surface area contributed by atoms with Crippen LogP contribution in [0, 0.1) is 0 Å². The monoisotopic (exact) mass is 458 g/mol. The highest BCUT2D eigenvalue weighted by atomic mass is 32.2. The van der Waals surface area contributed by atoms with Crippen LogP contribution < -0.4 is 14.8 Å². The molecular formula is C25H34N2O4S. The van der Waals surface area contributed by atoms with Crippen molar-refractivity contribution in [2.75, 3.05) is 20.0 Å². The van der Waals surface area contributed by atoms with Crippen LogP contribution in [0.15, 0.2) is 48.5 Å². The quantitative estimate of drug-likeness (QED) is 0.576. The summed E-state index contributed by atoms with van der Waals surface area (Å²) >= 11 is 1.53. The van der Waals surface area contributed by atoms with Gasteiger partial charge in [0.2, 0.25) is 11.8 Å². The van der Waals surface area contributed by atoms with Crippen molar-refractivity contribution in [1.29, 1.82) is 0 Å². The summed E-state index contributed by atoms with van der Waals surface area (Å²) in [6.45, 7) is 7.88. The van der Waals surface area contributed by atoms with Gasteiger partial charge < -0.3 is 19.7 Å². The maximum absolute atomic E-state index is 13.2. The molecule has 0 aliphatic carbocycles. The van der Waals surface area contributed by atoms with Crippen LogP contribution in [-0.2, 0) is 21.9 Å². The molecular weight excluding hydrogens is 424 g/mol. The van der Waals surface area contributed by atoms with E-state index in [2.05, 4.69) is 5.32 Å². The van der Waals surface area contributed by atoms with Crippen LogP contribution in [0.25, 0.3) is 0 Å². The number of carbonyl (C=O) groups excluding carboxylic acids is 2. The zero-order valence-electron chi connectivity index (χ0n) is 19.8. The summed E-state index contributed by atoms with van der Waals surface area (Å²) < 4.78 is 10.5. The zero-order chi connectivity index (χ0) is 23.7. The minimum absolute atomic E-state index is 0.0807. The molecule has 0 aromatic heterocycles. The number of carbonyl (C=O) groups is 2. The van der Waals surface area contributed by atoms with Gasteiger partial charge in [0.05, 0.1) is 20.0 Å². The average molecular weight is 459 g/mol. The van der Waals surface area contributed by atoms with Crippen LogP contribution in [0.5, 0.6) is 11.5 Å². The molecule has 0 saturated carbocycles. The van der Waals surface area contributed by atoms with Crippen molar-refractivity contribution in [2.24, 2.45) is 0 Å². The van der Waals surface area contributed by atoms with Gasteiger partial charge in [-0.25, -0.2) is 0 Å². The molecule has 2 aromatic rings. The summed E-state index contributed by atoms with van der Waals surface area (Å²) in [6.07, 6.45) is 0. The van der Waals surface area contributed by atoms with E-state index in [0.29, 0.717) is 12.3 Å². The van der Waals surface area contributed by atoms with E-state index < -0.39 is 6.04 Å². The summed E-state index contributed by atoms with van der Waals surface area (Å²) in [7, 11) is 3.24. The number of amides is 2. The second-order valence-corrected chi connectivity index (χ2v) is 9.61. The Balaban J connectivity index is 2.10. The van der Waals surface area contributed by atoms with Crippen LogP contribution >= 0.6 is 11.8 Å². The van der Waals surface area contributed by atoms with Crippen LogP contribution in [0.2, 0.25) is 0 Å². The molecule has 0 radical (unpaired) electrons. The Morgan fingerprint density at radius 1 is 1.00 bits per heavy atom. The molecule has 6 nitrogen and oxygen atoms in total. The molecule has 0 aliphatic heterocycles. The first-order valence-corrected chi connectivity index (χ1v) is 11.7. The Morgan fingerprint density at radius 3 is 2.25 bits per heavy atom. The van der Waals surface area contributed by atoms with Crippen molar-refractivity contribution in [1.82, 2.24) is 10.2 Å². The number of benzene rings is 2. The molecule has 0 saturated heterocycles. The molecule has 0 unspecified atom stereocenters. The summed E-state index contributed by atoms with van der Waals surface area (Å²) in [6, 6.07) is 14.8. The predicted molar refractivity (Wildman–Crippen MR) is 130 cm³/mol. The summed E-state index contributed by atoms with van der Waals surface area (Å²) in [4.78, 5) is 27.6. The molecule has 1 N–H and O–H groups in total. The normalized spacial score (nSPS) is 12.1. The molecule has 0 fully saturated rings. The van der Waals surface area contributed by atoms with Crippen LogP contribution in [0.4, 0.5) is 0 Å². The molecule has 174 valence electrons. The maximum atomic E-state index is 13.2. The van der Waals surface area contributed by atoms with Crippen molar-refractivity contribution in [3.05, 3.63) is 59.7 Å². The second-order valence-electron chi connectivity index (χ2n) is 8.63. The van der Waals surface area contributed by atoms with Gasteiger partial charge in [0.1, 0.15) is 17.5 Å². The summed E-state index contributed by atoms with van der Waals surface area (Å²) in [5.74, 6) is 2.25. The molecule has 0 aliphatic rings. The Hall–Kier alpha value is -2.67. The first-order chi connectivity index (χ1) is 15.1. The number of hydrogen-bond acceptors (Lipinski definition) is 5. The highest BCUT2D eigenvalue weighted by Gasteiger charge is 2.28. The third-order valence-electron chi connectivity index (χ3n) is 4.81. The van der Waals surface area contributed by atoms with Crippen molar-refractivity contribution in [2.45, 2.75) is 51.6 Å². The Morgan fingerprint density at radius 2 is 1.66 bits per heavy atom. The van der Waals surface area contributed by atoms with E-state index in [-0.39, 0.29) is 23.1 Å². The largest absolute Gasteiger partial charge is 0.497 e. The number of hydrogen-bond donors (Lipinski definition) is 1. The molecule has 2 amide bonds. The molecule has 2 rings (SSSR count). The molecule has 0 bridgehead atoms. The molecule has 0 heterocycles. The number of methoxy groups -OCH3 is 2. The number of nitrogens with zero attached hydrogens (tertiary/aromatic N) is 1. The minimum atomic E-state index is -0.602. The van der Waals surface area contributed by atoms with Gasteiger partial charge in [-0.1, -0.05) is 24.3 Å². The smallest absolute Gasteiger partial charge is 0.242 e. The van der Waals surface area contributed by atoms with Crippen LogP contribution in [0.3, 0.4) is 0 Å². The standard InChI is InChI=1S/C25H34N2O4S/c1-18(24(29)26-25(2,3)4)27(15-20-8-7-9-22(14-20)31-6)23(28)17-32-16-19-10-12-21(30-5)13-11-19/h7-14,18H,15-17H2,1-6H3,(H,26,29)/t18-/m1/s1. The Labute approximate surface area is 195 Å². The van der Waals surface area contributed by atoms with E-state index in [1.807, 2.05) is 69.3 Å². The van der Waals surface area contributed by atoms with E-state index in [0.717, 1.165) is 22.6 Å². The van der Waals surface area contributed by atoms with E-state index in [9.17, 15) is 9.59 Å². The van der Waals surface area contributed by atoms with E-state index in [1.54, 1.807) is 26.0 Å². The van der Waals surface area contributed by atoms with Gasteiger partial charge >= 0.3 is 0 Å². The fourth-order valence-corrected chi connectivity index (χ4v) is 3.96. The number of thioether (sulfide) groups is 1. The van der Waals surface area contributed by atoms with Gasteiger partial charge in [-0.05, 0) is 63.1 Å². The van der Waals surface area contributed by atoms with Crippen molar-refractivity contribution >= 4 is 23.6 Å². The van der Waals surface area contributed by atoms with E-state index in [4.69, 9.17) is 9.47 Å². The fraction of sp³-hybridized carbons (Fsp3) is 0.440. The third kappa shape index (κ3) is 8.11. The third-order valence-corrected chi connectivity index (χ3v) is 5.79. The fourth-order valence-electron chi connectivity index (χ4n) is 3.09. The lowest BCUT2D eigenvalue weighted by Crippen LogP contribution is -2.52. The van der Waals surface area contributed by atoms with E-state index >= 15 is 0 Å². The lowest BCUT2D eigenvalue weighted by molar-refractivity contribution is -0.139.